The number of benzene rings is 1. The van der Waals surface area contributed by atoms with E-state index in [1.54, 1.807) is 19.1 Å². The summed E-state index contributed by atoms with van der Waals surface area (Å²) in [5.74, 6) is -0.471. The molecule has 1 fully saturated rings. The smallest absolute Gasteiger partial charge is 0.341 e. The zero-order valence-electron chi connectivity index (χ0n) is 11.4. The molecular formula is C15H21NO3. The molecule has 0 saturated carbocycles. The predicted octanol–water partition coefficient (Wildman–Crippen LogP) is 2.55. The first-order valence-corrected chi connectivity index (χ1v) is 6.92. The number of hydrogen-bond acceptors (Lipinski definition) is 4. The molecule has 1 aliphatic rings. The van der Waals surface area contributed by atoms with Crippen LogP contribution in [-0.4, -0.2) is 35.7 Å². The van der Waals surface area contributed by atoms with Gasteiger partial charge in [-0.2, -0.15) is 0 Å². The number of hydrogen-bond donors (Lipinski definition) is 1. The van der Waals surface area contributed by atoms with Crippen LogP contribution in [0.1, 0.15) is 42.1 Å². The van der Waals surface area contributed by atoms with Crippen molar-refractivity contribution in [1.29, 1.82) is 0 Å². The lowest BCUT2D eigenvalue weighted by Gasteiger charge is -2.26. The standard InChI is InChI=1S/C15H21NO3/c1-2-19-15(18)13-10-12(6-7-14(13)17)11-16-8-4-3-5-9-16/h6-7,10,17H,2-5,8-9,11H2,1H3. The molecule has 1 aliphatic heterocycles. The summed E-state index contributed by atoms with van der Waals surface area (Å²) in [5, 5.41) is 9.72. The average Bonchev–Trinajstić information content (AvgIpc) is 2.42. The normalized spacial score (nSPS) is 16.3. The summed E-state index contributed by atoms with van der Waals surface area (Å²) in [6.45, 7) is 5.11. The van der Waals surface area contributed by atoms with Crippen molar-refractivity contribution in [3.63, 3.8) is 0 Å². The second kappa shape index (κ2) is 6.57. The molecule has 19 heavy (non-hydrogen) atoms. The van der Waals surface area contributed by atoms with Crippen molar-refractivity contribution < 1.29 is 14.6 Å². The molecule has 1 aromatic rings. The van der Waals surface area contributed by atoms with Gasteiger partial charge in [0.05, 0.1) is 6.61 Å². The molecule has 1 heterocycles. The third-order valence-corrected chi connectivity index (χ3v) is 3.41. The van der Waals surface area contributed by atoms with Crippen molar-refractivity contribution in [3.05, 3.63) is 29.3 Å². The zero-order valence-corrected chi connectivity index (χ0v) is 11.4. The van der Waals surface area contributed by atoms with Gasteiger partial charge >= 0.3 is 5.97 Å². The van der Waals surface area contributed by atoms with Crippen LogP contribution in [0, 0.1) is 0 Å². The van der Waals surface area contributed by atoms with E-state index in [1.807, 2.05) is 6.07 Å². The molecule has 4 heteroatoms. The van der Waals surface area contributed by atoms with E-state index in [0.29, 0.717) is 6.61 Å². The molecule has 0 radical (unpaired) electrons. The first-order valence-electron chi connectivity index (χ1n) is 6.92. The van der Waals surface area contributed by atoms with Crippen LogP contribution in [0.25, 0.3) is 0 Å². The SMILES string of the molecule is CCOC(=O)c1cc(CN2CCCCC2)ccc1O. The summed E-state index contributed by atoms with van der Waals surface area (Å²) in [5.41, 5.74) is 1.30. The van der Waals surface area contributed by atoms with Gasteiger partial charge in [0.15, 0.2) is 0 Å². The number of rotatable bonds is 4. The quantitative estimate of drug-likeness (QED) is 0.848. The summed E-state index contributed by atoms with van der Waals surface area (Å²) in [6.07, 6.45) is 3.78. The summed E-state index contributed by atoms with van der Waals surface area (Å²) < 4.78 is 4.94. The molecule has 0 amide bonds. The van der Waals surface area contributed by atoms with Crippen LogP contribution >= 0.6 is 0 Å². The molecule has 0 bridgehead atoms. The van der Waals surface area contributed by atoms with Gasteiger partial charge in [-0.3, -0.25) is 4.90 Å². The summed E-state index contributed by atoms with van der Waals surface area (Å²) in [7, 11) is 0. The monoisotopic (exact) mass is 263 g/mol. The van der Waals surface area contributed by atoms with E-state index in [4.69, 9.17) is 4.74 Å². The van der Waals surface area contributed by atoms with Crippen molar-refractivity contribution in [2.45, 2.75) is 32.7 Å². The Balaban J connectivity index is 2.08. The molecule has 0 aliphatic carbocycles. The minimum Gasteiger partial charge on any atom is -0.507 e. The fourth-order valence-electron chi connectivity index (χ4n) is 2.43. The van der Waals surface area contributed by atoms with Crippen LogP contribution < -0.4 is 0 Å². The van der Waals surface area contributed by atoms with Crippen LogP contribution in [0.5, 0.6) is 5.75 Å². The maximum absolute atomic E-state index is 11.7. The number of phenolic OH excluding ortho intramolecular Hbond substituents is 1. The van der Waals surface area contributed by atoms with Crippen molar-refractivity contribution in [2.75, 3.05) is 19.7 Å². The topological polar surface area (TPSA) is 49.8 Å². The Morgan fingerprint density at radius 2 is 2.05 bits per heavy atom. The highest BCUT2D eigenvalue weighted by Crippen LogP contribution is 2.21. The van der Waals surface area contributed by atoms with Crippen LogP contribution in [0.4, 0.5) is 0 Å². The van der Waals surface area contributed by atoms with Gasteiger partial charge in [-0.25, -0.2) is 4.79 Å². The average molecular weight is 263 g/mol. The van der Waals surface area contributed by atoms with Gasteiger partial charge in [-0.05, 0) is 50.6 Å². The van der Waals surface area contributed by atoms with Crippen molar-refractivity contribution in [1.82, 2.24) is 4.90 Å². The van der Waals surface area contributed by atoms with Crippen LogP contribution in [-0.2, 0) is 11.3 Å². The predicted molar refractivity (Wildman–Crippen MR) is 73.2 cm³/mol. The number of aromatic hydroxyl groups is 1. The number of nitrogens with zero attached hydrogens (tertiary/aromatic N) is 1. The number of piperidine rings is 1. The van der Waals surface area contributed by atoms with E-state index in [1.165, 1.54) is 19.3 Å². The lowest BCUT2D eigenvalue weighted by molar-refractivity contribution is 0.0523. The Labute approximate surface area is 114 Å². The van der Waals surface area contributed by atoms with Gasteiger partial charge in [-0.15, -0.1) is 0 Å². The Bertz CT molecular complexity index is 439. The van der Waals surface area contributed by atoms with Gasteiger partial charge < -0.3 is 9.84 Å². The first kappa shape index (κ1) is 13.9. The van der Waals surface area contributed by atoms with Crippen LogP contribution in [0.3, 0.4) is 0 Å². The molecule has 0 spiro atoms. The molecule has 4 nitrogen and oxygen atoms in total. The summed E-state index contributed by atoms with van der Waals surface area (Å²) >= 11 is 0. The van der Waals surface area contributed by atoms with E-state index in [9.17, 15) is 9.90 Å². The third-order valence-electron chi connectivity index (χ3n) is 3.41. The lowest BCUT2D eigenvalue weighted by Crippen LogP contribution is -2.29. The highest BCUT2D eigenvalue weighted by molar-refractivity contribution is 5.92. The minimum atomic E-state index is -0.458. The van der Waals surface area contributed by atoms with Gasteiger partial charge in [0.2, 0.25) is 0 Å². The Morgan fingerprint density at radius 3 is 2.74 bits per heavy atom. The number of carbonyl (C=O) groups excluding carboxylic acids is 1. The van der Waals surface area contributed by atoms with E-state index in [-0.39, 0.29) is 11.3 Å². The molecule has 2 rings (SSSR count). The number of carbonyl (C=O) groups is 1. The maximum Gasteiger partial charge on any atom is 0.341 e. The van der Waals surface area contributed by atoms with Crippen LogP contribution in [0.15, 0.2) is 18.2 Å². The van der Waals surface area contributed by atoms with E-state index in [0.717, 1.165) is 25.2 Å². The molecule has 0 aromatic heterocycles. The zero-order chi connectivity index (χ0) is 13.7. The molecular weight excluding hydrogens is 242 g/mol. The van der Waals surface area contributed by atoms with E-state index >= 15 is 0 Å². The Morgan fingerprint density at radius 1 is 1.32 bits per heavy atom. The van der Waals surface area contributed by atoms with Gasteiger partial charge in [-0.1, -0.05) is 12.5 Å². The minimum absolute atomic E-state index is 0.0131. The second-order valence-electron chi connectivity index (χ2n) is 4.91. The molecule has 1 aromatic carbocycles. The van der Waals surface area contributed by atoms with Crippen LogP contribution in [0.2, 0.25) is 0 Å². The molecule has 0 unspecified atom stereocenters. The molecule has 104 valence electrons. The van der Waals surface area contributed by atoms with Gasteiger partial charge in [0.1, 0.15) is 11.3 Å². The first-order chi connectivity index (χ1) is 9.20. The van der Waals surface area contributed by atoms with Crippen molar-refractivity contribution in [3.8, 4) is 5.75 Å². The van der Waals surface area contributed by atoms with Crippen molar-refractivity contribution in [2.24, 2.45) is 0 Å². The van der Waals surface area contributed by atoms with E-state index in [2.05, 4.69) is 4.90 Å². The highest BCUT2D eigenvalue weighted by atomic mass is 16.5. The molecule has 0 atom stereocenters. The second-order valence-corrected chi connectivity index (χ2v) is 4.91. The largest absolute Gasteiger partial charge is 0.507 e. The Hall–Kier alpha value is -1.55. The van der Waals surface area contributed by atoms with Gasteiger partial charge in [0.25, 0.3) is 0 Å². The summed E-state index contributed by atoms with van der Waals surface area (Å²) in [6, 6.07) is 5.18. The fourth-order valence-corrected chi connectivity index (χ4v) is 2.43. The number of likely N-dealkylation sites (tertiary alicyclic amines) is 1. The maximum atomic E-state index is 11.7. The van der Waals surface area contributed by atoms with E-state index < -0.39 is 5.97 Å². The number of esters is 1. The summed E-state index contributed by atoms with van der Waals surface area (Å²) in [4.78, 5) is 14.1. The number of ether oxygens (including phenoxy) is 1. The Kier molecular flexibility index (Phi) is 4.80. The third kappa shape index (κ3) is 3.70. The highest BCUT2D eigenvalue weighted by Gasteiger charge is 2.15. The van der Waals surface area contributed by atoms with Gasteiger partial charge in [0, 0.05) is 6.54 Å². The lowest BCUT2D eigenvalue weighted by atomic mass is 10.1. The van der Waals surface area contributed by atoms with Crippen molar-refractivity contribution >= 4 is 5.97 Å². The fraction of sp³-hybridized carbons (Fsp3) is 0.533. The molecule has 1 saturated heterocycles. The number of phenols is 1. The molecule has 1 N–H and O–H groups in total.